The number of allylic oxidation sites excluding steroid dienone is 1. The summed E-state index contributed by atoms with van der Waals surface area (Å²) in [6.45, 7) is 5.69. The van der Waals surface area contributed by atoms with Crippen LogP contribution < -0.4 is 20.1 Å². The average molecular weight is 379 g/mol. The summed E-state index contributed by atoms with van der Waals surface area (Å²) in [5, 5.41) is 6.87. The number of Topliss-reactive ketones (excluding diaryl/α,β-unsaturated/α-hetero) is 1. The first-order chi connectivity index (χ1) is 11.9. The molecule has 2 N–H and O–H groups in total. The number of carbonyl (C=O) groups is 1. The van der Waals surface area contributed by atoms with E-state index in [4.69, 9.17) is 39.7 Å². The molecule has 1 aromatic rings. The first-order valence-corrected chi connectivity index (χ1v) is 8.49. The quantitative estimate of drug-likeness (QED) is 0.586. The van der Waals surface area contributed by atoms with Crippen molar-refractivity contribution in [2.45, 2.75) is 26.8 Å². The third kappa shape index (κ3) is 4.25. The van der Waals surface area contributed by atoms with Crippen LogP contribution in [0.2, 0.25) is 5.02 Å². The number of thiocarbonyl (C=S) groups is 1. The van der Waals surface area contributed by atoms with E-state index in [1.165, 1.54) is 6.92 Å². The molecular weight excluding hydrogens is 360 g/mol. The Bertz CT molecular complexity index is 783. The molecular formula is C18H19ClN2O3S. The fourth-order valence-corrected chi connectivity index (χ4v) is 3.23. The molecule has 0 aliphatic carbocycles. The summed E-state index contributed by atoms with van der Waals surface area (Å²) in [6, 6.07) is 3.07. The standard InChI is InChI=1S/C18H19ClN2O3S/c1-5-7-24-17-13(19)8-12(9-14(17)23-6-2)16-15(11(4)22)10(3)20-18(25)21-16/h1,8-9,16H,6-7H2,2-4H3,(H2,20,21,25). The molecule has 1 aliphatic heterocycles. The number of carbonyl (C=O) groups excluding carboxylic acids is 1. The summed E-state index contributed by atoms with van der Waals surface area (Å²) >= 11 is 11.6. The second-order valence-corrected chi connectivity index (χ2v) is 6.20. The highest BCUT2D eigenvalue weighted by Gasteiger charge is 2.29. The van der Waals surface area contributed by atoms with Gasteiger partial charge in [-0.15, -0.1) is 6.42 Å². The molecule has 1 aromatic carbocycles. The summed E-state index contributed by atoms with van der Waals surface area (Å²) < 4.78 is 11.1. The van der Waals surface area contributed by atoms with E-state index in [-0.39, 0.29) is 12.4 Å². The van der Waals surface area contributed by atoms with Crippen molar-refractivity contribution in [3.05, 3.63) is 34.0 Å². The van der Waals surface area contributed by atoms with Crippen molar-refractivity contribution in [2.75, 3.05) is 13.2 Å². The van der Waals surface area contributed by atoms with Gasteiger partial charge in [0, 0.05) is 11.3 Å². The van der Waals surface area contributed by atoms with Crippen LogP contribution in [0.3, 0.4) is 0 Å². The molecule has 0 saturated heterocycles. The van der Waals surface area contributed by atoms with Crippen molar-refractivity contribution in [1.29, 1.82) is 0 Å². The summed E-state index contributed by atoms with van der Waals surface area (Å²) in [4.78, 5) is 12.1. The maximum absolute atomic E-state index is 12.1. The Morgan fingerprint density at radius 3 is 2.76 bits per heavy atom. The molecule has 2 rings (SSSR count). The molecule has 25 heavy (non-hydrogen) atoms. The van der Waals surface area contributed by atoms with Gasteiger partial charge in [0.05, 0.1) is 17.7 Å². The van der Waals surface area contributed by atoms with Crippen molar-refractivity contribution in [2.24, 2.45) is 0 Å². The second kappa shape index (κ2) is 8.24. The van der Waals surface area contributed by atoms with Gasteiger partial charge in [-0.2, -0.15) is 0 Å². The van der Waals surface area contributed by atoms with Gasteiger partial charge in [-0.3, -0.25) is 4.79 Å². The van der Waals surface area contributed by atoms with Gasteiger partial charge >= 0.3 is 0 Å². The number of ketones is 1. The second-order valence-electron chi connectivity index (χ2n) is 5.38. The lowest BCUT2D eigenvalue weighted by Crippen LogP contribution is -2.44. The Labute approximate surface area is 157 Å². The Morgan fingerprint density at radius 2 is 2.16 bits per heavy atom. The third-order valence-corrected chi connectivity index (χ3v) is 4.11. The molecule has 1 unspecified atom stereocenters. The zero-order valence-electron chi connectivity index (χ0n) is 14.2. The molecule has 7 heteroatoms. The lowest BCUT2D eigenvalue weighted by atomic mass is 9.93. The van der Waals surface area contributed by atoms with Crippen molar-refractivity contribution in [3.8, 4) is 23.8 Å². The van der Waals surface area contributed by atoms with E-state index in [9.17, 15) is 4.79 Å². The Morgan fingerprint density at radius 1 is 1.44 bits per heavy atom. The monoisotopic (exact) mass is 378 g/mol. The van der Waals surface area contributed by atoms with Crippen LogP contribution in [-0.2, 0) is 4.79 Å². The highest BCUT2D eigenvalue weighted by molar-refractivity contribution is 7.80. The van der Waals surface area contributed by atoms with E-state index in [1.54, 1.807) is 12.1 Å². The molecule has 0 radical (unpaired) electrons. The highest BCUT2D eigenvalue weighted by Crippen LogP contribution is 2.40. The molecule has 1 heterocycles. The van der Waals surface area contributed by atoms with Crippen LogP contribution in [0.5, 0.6) is 11.5 Å². The highest BCUT2D eigenvalue weighted by atomic mass is 35.5. The number of terminal acetylenes is 1. The summed E-state index contributed by atoms with van der Waals surface area (Å²) in [7, 11) is 0. The Hall–Kier alpha value is -2.23. The number of hydrogen-bond acceptors (Lipinski definition) is 4. The van der Waals surface area contributed by atoms with Gasteiger partial charge in [0.15, 0.2) is 22.4 Å². The minimum Gasteiger partial charge on any atom is -0.490 e. The molecule has 5 nitrogen and oxygen atoms in total. The first kappa shape index (κ1) is 19.1. The van der Waals surface area contributed by atoms with Crippen LogP contribution >= 0.6 is 23.8 Å². The summed E-state index contributed by atoms with van der Waals surface area (Å²) in [5.74, 6) is 3.18. The van der Waals surface area contributed by atoms with Gasteiger partial charge in [-0.05, 0) is 50.7 Å². The van der Waals surface area contributed by atoms with Crippen LogP contribution in [-0.4, -0.2) is 24.1 Å². The van der Waals surface area contributed by atoms with E-state index >= 15 is 0 Å². The minimum atomic E-state index is -0.426. The van der Waals surface area contributed by atoms with Crippen molar-refractivity contribution in [3.63, 3.8) is 0 Å². The van der Waals surface area contributed by atoms with E-state index in [0.717, 1.165) is 5.56 Å². The predicted molar refractivity (Wildman–Crippen MR) is 102 cm³/mol. The molecule has 0 bridgehead atoms. The molecule has 0 saturated carbocycles. The van der Waals surface area contributed by atoms with Crippen molar-refractivity contribution in [1.82, 2.24) is 10.6 Å². The van der Waals surface area contributed by atoms with Crippen LogP contribution in [0.1, 0.15) is 32.4 Å². The molecule has 0 aromatic heterocycles. The fourth-order valence-electron chi connectivity index (χ4n) is 2.68. The lowest BCUT2D eigenvalue weighted by Gasteiger charge is -2.30. The largest absolute Gasteiger partial charge is 0.490 e. The smallest absolute Gasteiger partial charge is 0.181 e. The molecule has 1 aliphatic rings. The molecule has 0 fully saturated rings. The zero-order valence-corrected chi connectivity index (χ0v) is 15.8. The number of hydrogen-bond donors (Lipinski definition) is 2. The van der Waals surface area contributed by atoms with E-state index < -0.39 is 6.04 Å². The zero-order chi connectivity index (χ0) is 18.6. The number of benzene rings is 1. The van der Waals surface area contributed by atoms with Crippen LogP contribution in [0.25, 0.3) is 0 Å². The first-order valence-electron chi connectivity index (χ1n) is 7.70. The maximum atomic E-state index is 12.1. The summed E-state index contributed by atoms with van der Waals surface area (Å²) in [5.41, 5.74) is 2.04. The molecule has 132 valence electrons. The maximum Gasteiger partial charge on any atom is 0.181 e. The predicted octanol–water partition coefficient (Wildman–Crippen LogP) is 3.13. The minimum absolute atomic E-state index is 0.0632. The number of halogens is 1. The molecule has 1 atom stereocenters. The number of nitrogens with one attached hydrogen (secondary N) is 2. The molecule has 0 spiro atoms. The Kier molecular flexibility index (Phi) is 6.29. The summed E-state index contributed by atoms with van der Waals surface area (Å²) in [6.07, 6.45) is 5.25. The average Bonchev–Trinajstić information content (AvgIpc) is 2.53. The van der Waals surface area contributed by atoms with E-state index in [0.29, 0.717) is 39.5 Å². The van der Waals surface area contributed by atoms with Gasteiger partial charge in [0.1, 0.15) is 6.61 Å². The topological polar surface area (TPSA) is 59.6 Å². The molecule has 0 amide bonds. The van der Waals surface area contributed by atoms with Crippen molar-refractivity contribution >= 4 is 34.7 Å². The van der Waals surface area contributed by atoms with Crippen LogP contribution in [0, 0.1) is 12.3 Å². The van der Waals surface area contributed by atoms with Gasteiger partial charge in [0.25, 0.3) is 0 Å². The van der Waals surface area contributed by atoms with Crippen LogP contribution in [0.15, 0.2) is 23.4 Å². The lowest BCUT2D eigenvalue weighted by molar-refractivity contribution is -0.114. The van der Waals surface area contributed by atoms with Crippen molar-refractivity contribution < 1.29 is 14.3 Å². The van der Waals surface area contributed by atoms with Gasteiger partial charge < -0.3 is 20.1 Å². The van der Waals surface area contributed by atoms with E-state index in [1.807, 2.05) is 13.8 Å². The van der Waals surface area contributed by atoms with E-state index in [2.05, 4.69) is 16.6 Å². The van der Waals surface area contributed by atoms with Gasteiger partial charge in [-0.25, -0.2) is 0 Å². The van der Waals surface area contributed by atoms with Gasteiger partial charge in [0.2, 0.25) is 0 Å². The SMILES string of the molecule is C#CCOc1c(Cl)cc(C2NC(=S)NC(C)=C2C(C)=O)cc1OCC. The van der Waals surface area contributed by atoms with Crippen LogP contribution in [0.4, 0.5) is 0 Å². The third-order valence-electron chi connectivity index (χ3n) is 3.61. The number of ether oxygens (including phenoxy) is 2. The fraction of sp³-hybridized carbons (Fsp3) is 0.333. The Balaban J connectivity index is 2.54. The van der Waals surface area contributed by atoms with Gasteiger partial charge in [-0.1, -0.05) is 17.5 Å². The number of rotatable bonds is 6. The normalized spacial score (nSPS) is 16.6.